The molecular formula is C12H24N2O6. The lowest BCUT2D eigenvalue weighted by molar-refractivity contribution is -0.139. The van der Waals surface area contributed by atoms with Crippen LogP contribution in [-0.4, -0.2) is 80.3 Å². The van der Waals surface area contributed by atoms with Gasteiger partial charge in [0.15, 0.2) is 0 Å². The van der Waals surface area contributed by atoms with Crippen molar-refractivity contribution in [3.8, 4) is 0 Å². The minimum absolute atomic E-state index is 0.0305. The van der Waals surface area contributed by atoms with Gasteiger partial charge >= 0.3 is 12.0 Å². The first-order valence-corrected chi connectivity index (χ1v) is 6.43. The Morgan fingerprint density at radius 2 is 1.85 bits per heavy atom. The molecule has 0 unspecified atom stereocenters. The van der Waals surface area contributed by atoms with Crippen molar-refractivity contribution in [2.75, 3.05) is 47.1 Å². The van der Waals surface area contributed by atoms with Crippen LogP contribution in [0.1, 0.15) is 12.8 Å². The van der Waals surface area contributed by atoms with E-state index >= 15 is 0 Å². The minimum atomic E-state index is -1.17. The number of aliphatic hydroxyl groups is 1. The Balaban J connectivity index is 4.45. The molecule has 0 spiro atoms. The van der Waals surface area contributed by atoms with Crippen LogP contribution >= 0.6 is 0 Å². The highest BCUT2D eigenvalue weighted by atomic mass is 16.5. The van der Waals surface area contributed by atoms with Crippen LogP contribution in [0.15, 0.2) is 0 Å². The summed E-state index contributed by atoms with van der Waals surface area (Å²) in [6.07, 6.45) is 0.614. The SMILES string of the molecule is COCCCN(CCOC)C(=O)N[C@@H](CCO)C(=O)O. The summed E-state index contributed by atoms with van der Waals surface area (Å²) in [6.45, 7) is 1.36. The number of nitrogens with one attached hydrogen (secondary N) is 1. The summed E-state index contributed by atoms with van der Waals surface area (Å²) in [7, 11) is 3.10. The van der Waals surface area contributed by atoms with Gasteiger partial charge in [-0.1, -0.05) is 0 Å². The van der Waals surface area contributed by atoms with Crippen molar-refractivity contribution in [1.29, 1.82) is 0 Å². The van der Waals surface area contributed by atoms with Gasteiger partial charge in [-0.15, -0.1) is 0 Å². The highest BCUT2D eigenvalue weighted by molar-refractivity contribution is 5.82. The molecule has 3 N–H and O–H groups in total. The Hall–Kier alpha value is -1.38. The topological polar surface area (TPSA) is 108 Å². The third-order valence-electron chi connectivity index (χ3n) is 2.64. The van der Waals surface area contributed by atoms with Gasteiger partial charge in [-0.05, 0) is 6.42 Å². The van der Waals surface area contributed by atoms with Crippen molar-refractivity contribution < 1.29 is 29.3 Å². The van der Waals surface area contributed by atoms with Crippen LogP contribution in [0.2, 0.25) is 0 Å². The Kier molecular flexibility index (Phi) is 10.7. The number of methoxy groups -OCH3 is 2. The normalized spacial score (nSPS) is 11.9. The van der Waals surface area contributed by atoms with E-state index in [0.717, 1.165) is 0 Å². The molecule has 0 bridgehead atoms. The monoisotopic (exact) mass is 292 g/mol. The maximum atomic E-state index is 12.0. The van der Waals surface area contributed by atoms with Gasteiger partial charge in [0.05, 0.1) is 6.61 Å². The summed E-state index contributed by atoms with van der Waals surface area (Å²) in [6, 6.07) is -1.58. The highest BCUT2D eigenvalue weighted by Gasteiger charge is 2.22. The van der Waals surface area contributed by atoms with E-state index in [4.69, 9.17) is 19.7 Å². The number of aliphatic carboxylic acids is 1. The summed E-state index contributed by atoms with van der Waals surface area (Å²) in [5, 5.41) is 20.1. The summed E-state index contributed by atoms with van der Waals surface area (Å²) in [5.41, 5.74) is 0. The van der Waals surface area contributed by atoms with Gasteiger partial charge in [-0.3, -0.25) is 0 Å². The van der Waals surface area contributed by atoms with Crippen molar-refractivity contribution in [3.63, 3.8) is 0 Å². The quantitative estimate of drug-likeness (QED) is 0.444. The fourth-order valence-corrected chi connectivity index (χ4v) is 1.54. The number of carboxylic acid groups (broad SMARTS) is 1. The fourth-order valence-electron chi connectivity index (χ4n) is 1.54. The molecule has 0 saturated carbocycles. The highest BCUT2D eigenvalue weighted by Crippen LogP contribution is 1.98. The van der Waals surface area contributed by atoms with Crippen LogP contribution in [-0.2, 0) is 14.3 Å². The van der Waals surface area contributed by atoms with Crippen LogP contribution in [0.4, 0.5) is 4.79 Å². The molecule has 8 heteroatoms. The van der Waals surface area contributed by atoms with Crippen molar-refractivity contribution >= 4 is 12.0 Å². The van der Waals surface area contributed by atoms with Crippen LogP contribution in [0.25, 0.3) is 0 Å². The molecule has 118 valence electrons. The van der Waals surface area contributed by atoms with E-state index < -0.39 is 18.0 Å². The van der Waals surface area contributed by atoms with Crippen LogP contribution in [0.3, 0.4) is 0 Å². The molecule has 8 nitrogen and oxygen atoms in total. The summed E-state index contributed by atoms with van der Waals surface area (Å²) in [4.78, 5) is 24.4. The van der Waals surface area contributed by atoms with E-state index in [1.165, 1.54) is 12.0 Å². The van der Waals surface area contributed by atoms with Crippen molar-refractivity contribution in [2.45, 2.75) is 18.9 Å². The van der Waals surface area contributed by atoms with Gasteiger partial charge in [0.25, 0.3) is 0 Å². The standard InChI is InChI=1S/C12H24N2O6/c1-19-8-3-5-14(6-9-20-2)12(18)13-10(4-7-15)11(16)17/h10,15H,3-9H2,1-2H3,(H,13,18)(H,16,17)/t10-/m0/s1. The van der Waals surface area contributed by atoms with Gasteiger partial charge in [-0.25, -0.2) is 9.59 Å². The Bertz CT molecular complexity index is 287. The molecule has 0 rings (SSSR count). The lowest BCUT2D eigenvalue weighted by atomic mass is 10.2. The average molecular weight is 292 g/mol. The molecule has 0 aliphatic carbocycles. The fraction of sp³-hybridized carbons (Fsp3) is 0.833. The first-order valence-electron chi connectivity index (χ1n) is 6.43. The molecule has 0 aromatic heterocycles. The molecule has 0 heterocycles. The zero-order valence-electron chi connectivity index (χ0n) is 12.0. The third kappa shape index (κ3) is 7.93. The maximum absolute atomic E-state index is 12.0. The molecule has 20 heavy (non-hydrogen) atoms. The molecular weight excluding hydrogens is 268 g/mol. The Labute approximate surface area is 118 Å². The molecule has 1 atom stereocenters. The number of carboxylic acids is 1. The zero-order chi connectivity index (χ0) is 15.4. The molecule has 0 aromatic carbocycles. The number of hydrogen-bond donors (Lipinski definition) is 3. The summed E-state index contributed by atoms with van der Waals surface area (Å²) >= 11 is 0. The second-order valence-electron chi connectivity index (χ2n) is 4.18. The van der Waals surface area contributed by atoms with E-state index in [2.05, 4.69) is 5.32 Å². The average Bonchev–Trinajstić information content (AvgIpc) is 2.41. The molecule has 0 saturated heterocycles. The Morgan fingerprint density at radius 3 is 2.35 bits per heavy atom. The Morgan fingerprint density at radius 1 is 1.20 bits per heavy atom. The van der Waals surface area contributed by atoms with Crippen LogP contribution in [0, 0.1) is 0 Å². The number of carbonyl (C=O) groups excluding carboxylic acids is 1. The van der Waals surface area contributed by atoms with Gasteiger partial charge in [0, 0.05) is 46.9 Å². The molecule has 0 radical (unpaired) electrons. The number of urea groups is 1. The number of nitrogens with zero attached hydrogens (tertiary/aromatic N) is 1. The molecule has 0 fully saturated rings. The number of ether oxygens (including phenoxy) is 2. The van der Waals surface area contributed by atoms with Crippen molar-refractivity contribution in [2.24, 2.45) is 0 Å². The predicted molar refractivity (Wildman–Crippen MR) is 71.6 cm³/mol. The van der Waals surface area contributed by atoms with Crippen molar-refractivity contribution in [3.05, 3.63) is 0 Å². The molecule has 0 aromatic rings. The van der Waals surface area contributed by atoms with Gasteiger partial charge in [0.2, 0.25) is 0 Å². The van der Waals surface area contributed by atoms with Crippen molar-refractivity contribution in [1.82, 2.24) is 10.2 Å². The van der Waals surface area contributed by atoms with E-state index in [0.29, 0.717) is 32.7 Å². The lowest BCUT2D eigenvalue weighted by Gasteiger charge is -2.24. The van der Waals surface area contributed by atoms with E-state index in [-0.39, 0.29) is 13.0 Å². The minimum Gasteiger partial charge on any atom is -0.480 e. The molecule has 2 amide bonds. The van der Waals surface area contributed by atoms with E-state index in [9.17, 15) is 9.59 Å². The molecule has 0 aliphatic heterocycles. The predicted octanol–water partition coefficient (Wildman–Crippen LogP) is -0.483. The smallest absolute Gasteiger partial charge is 0.326 e. The maximum Gasteiger partial charge on any atom is 0.326 e. The molecule has 0 aliphatic rings. The van der Waals surface area contributed by atoms with E-state index in [1.54, 1.807) is 7.11 Å². The number of hydrogen-bond acceptors (Lipinski definition) is 5. The number of rotatable bonds is 11. The van der Waals surface area contributed by atoms with Gasteiger partial charge in [0.1, 0.15) is 6.04 Å². The van der Waals surface area contributed by atoms with Crippen LogP contribution in [0.5, 0.6) is 0 Å². The first-order chi connectivity index (χ1) is 9.56. The summed E-state index contributed by atoms with van der Waals surface area (Å²) < 4.78 is 9.84. The van der Waals surface area contributed by atoms with Crippen LogP contribution < -0.4 is 5.32 Å². The van der Waals surface area contributed by atoms with Gasteiger partial charge < -0.3 is 29.9 Å². The zero-order valence-corrected chi connectivity index (χ0v) is 12.0. The third-order valence-corrected chi connectivity index (χ3v) is 2.64. The largest absolute Gasteiger partial charge is 0.480 e. The first kappa shape index (κ1) is 18.6. The number of amides is 2. The second-order valence-corrected chi connectivity index (χ2v) is 4.18. The number of carbonyl (C=O) groups is 2. The van der Waals surface area contributed by atoms with Gasteiger partial charge in [-0.2, -0.15) is 0 Å². The summed E-state index contributed by atoms with van der Waals surface area (Å²) in [5.74, 6) is -1.17. The van der Waals surface area contributed by atoms with E-state index in [1.807, 2.05) is 0 Å². The number of aliphatic hydroxyl groups excluding tert-OH is 1. The second kappa shape index (κ2) is 11.4. The lowest BCUT2D eigenvalue weighted by Crippen LogP contribution is -2.49.